The Bertz CT molecular complexity index is 715. The first-order chi connectivity index (χ1) is 11.7. The zero-order chi connectivity index (χ0) is 16.9. The van der Waals surface area contributed by atoms with Crippen LogP contribution in [0.5, 0.6) is 17.2 Å². The van der Waals surface area contributed by atoms with E-state index in [4.69, 9.17) is 14.2 Å². The molecule has 0 fully saturated rings. The first-order valence-corrected chi connectivity index (χ1v) is 7.80. The number of anilines is 1. The van der Waals surface area contributed by atoms with Crippen LogP contribution in [0.3, 0.4) is 0 Å². The standard InChI is InChI=1S/C18H20N2O4/c1-3-15(12-4-7-14(22-2)8-5-12)20-18(21)19-13-6-9-16-17(10-13)24-11-23-16/h4-10,15H,3,11H2,1-2H3,(H2,19,20,21). The Kier molecular flexibility index (Phi) is 4.74. The summed E-state index contributed by atoms with van der Waals surface area (Å²) in [5, 5.41) is 5.79. The third-order valence-electron chi connectivity index (χ3n) is 3.86. The van der Waals surface area contributed by atoms with Crippen LogP contribution in [0.4, 0.5) is 10.5 Å². The summed E-state index contributed by atoms with van der Waals surface area (Å²) in [5.74, 6) is 2.11. The van der Waals surface area contributed by atoms with Crippen LogP contribution >= 0.6 is 0 Å². The van der Waals surface area contributed by atoms with E-state index >= 15 is 0 Å². The summed E-state index contributed by atoms with van der Waals surface area (Å²) < 4.78 is 15.7. The van der Waals surface area contributed by atoms with Crippen molar-refractivity contribution in [3.8, 4) is 17.2 Å². The molecule has 2 aromatic carbocycles. The average Bonchev–Trinajstić information content (AvgIpc) is 3.07. The molecule has 0 spiro atoms. The number of hydrogen-bond donors (Lipinski definition) is 2. The fraction of sp³-hybridized carbons (Fsp3) is 0.278. The Morgan fingerprint density at radius 2 is 1.92 bits per heavy atom. The molecule has 1 aliphatic rings. The molecule has 1 aliphatic heterocycles. The first kappa shape index (κ1) is 16.0. The molecular formula is C18H20N2O4. The van der Waals surface area contributed by atoms with Crippen molar-refractivity contribution in [1.82, 2.24) is 5.32 Å². The summed E-state index contributed by atoms with van der Waals surface area (Å²) in [6.45, 7) is 2.23. The largest absolute Gasteiger partial charge is 0.497 e. The van der Waals surface area contributed by atoms with Crippen molar-refractivity contribution in [1.29, 1.82) is 0 Å². The molecule has 1 heterocycles. The normalized spacial score (nSPS) is 13.2. The van der Waals surface area contributed by atoms with Crippen molar-refractivity contribution in [3.05, 3.63) is 48.0 Å². The number of nitrogens with one attached hydrogen (secondary N) is 2. The highest BCUT2D eigenvalue weighted by atomic mass is 16.7. The van der Waals surface area contributed by atoms with Gasteiger partial charge in [-0.1, -0.05) is 19.1 Å². The van der Waals surface area contributed by atoms with E-state index in [2.05, 4.69) is 10.6 Å². The Morgan fingerprint density at radius 3 is 2.62 bits per heavy atom. The summed E-state index contributed by atoms with van der Waals surface area (Å²) in [6.07, 6.45) is 0.779. The minimum atomic E-state index is -0.267. The van der Waals surface area contributed by atoms with Gasteiger partial charge in [-0.05, 0) is 36.2 Å². The molecule has 1 unspecified atom stereocenters. The van der Waals surface area contributed by atoms with E-state index in [9.17, 15) is 4.79 Å². The van der Waals surface area contributed by atoms with Crippen molar-refractivity contribution in [3.63, 3.8) is 0 Å². The third kappa shape index (κ3) is 3.53. The van der Waals surface area contributed by atoms with Gasteiger partial charge in [-0.25, -0.2) is 4.79 Å². The minimum absolute atomic E-state index is 0.0788. The molecule has 0 saturated carbocycles. The molecule has 2 aromatic rings. The zero-order valence-electron chi connectivity index (χ0n) is 13.7. The van der Waals surface area contributed by atoms with Gasteiger partial charge >= 0.3 is 6.03 Å². The molecule has 24 heavy (non-hydrogen) atoms. The predicted molar refractivity (Wildman–Crippen MR) is 90.7 cm³/mol. The molecule has 2 amide bonds. The summed E-state index contributed by atoms with van der Waals surface area (Å²) in [5.41, 5.74) is 1.68. The van der Waals surface area contributed by atoms with Crippen molar-refractivity contribution >= 4 is 11.7 Å². The number of hydrogen-bond acceptors (Lipinski definition) is 4. The lowest BCUT2D eigenvalue weighted by Crippen LogP contribution is -2.32. The third-order valence-corrected chi connectivity index (χ3v) is 3.86. The predicted octanol–water partition coefficient (Wildman–Crippen LogP) is 3.70. The van der Waals surface area contributed by atoms with Gasteiger partial charge in [0.15, 0.2) is 11.5 Å². The number of carbonyl (C=O) groups is 1. The lowest BCUT2D eigenvalue weighted by molar-refractivity contribution is 0.174. The van der Waals surface area contributed by atoms with E-state index in [1.165, 1.54) is 0 Å². The maximum absolute atomic E-state index is 12.3. The molecule has 2 N–H and O–H groups in total. The van der Waals surface area contributed by atoms with Crippen LogP contribution in [0.1, 0.15) is 24.9 Å². The zero-order valence-corrected chi connectivity index (χ0v) is 13.7. The van der Waals surface area contributed by atoms with E-state index in [0.29, 0.717) is 17.2 Å². The van der Waals surface area contributed by atoms with Gasteiger partial charge in [0, 0.05) is 11.8 Å². The maximum Gasteiger partial charge on any atom is 0.319 e. The van der Waals surface area contributed by atoms with Crippen LogP contribution in [0.25, 0.3) is 0 Å². The minimum Gasteiger partial charge on any atom is -0.497 e. The Labute approximate surface area is 140 Å². The first-order valence-electron chi connectivity index (χ1n) is 7.80. The van der Waals surface area contributed by atoms with Crippen LogP contribution in [0.15, 0.2) is 42.5 Å². The van der Waals surface area contributed by atoms with Crippen LogP contribution in [0.2, 0.25) is 0 Å². The smallest absolute Gasteiger partial charge is 0.319 e. The monoisotopic (exact) mass is 328 g/mol. The topological polar surface area (TPSA) is 68.8 Å². The van der Waals surface area contributed by atoms with Crippen LogP contribution in [-0.4, -0.2) is 19.9 Å². The van der Waals surface area contributed by atoms with Crippen LogP contribution in [-0.2, 0) is 0 Å². The molecule has 0 aliphatic carbocycles. The second kappa shape index (κ2) is 7.12. The van der Waals surface area contributed by atoms with Gasteiger partial charge in [-0.15, -0.1) is 0 Å². The Balaban J connectivity index is 1.63. The highest BCUT2D eigenvalue weighted by Crippen LogP contribution is 2.34. The summed E-state index contributed by atoms with van der Waals surface area (Å²) in [7, 11) is 1.63. The van der Waals surface area contributed by atoms with Gasteiger partial charge in [0.1, 0.15) is 5.75 Å². The van der Waals surface area contributed by atoms with Crippen molar-refractivity contribution in [2.24, 2.45) is 0 Å². The fourth-order valence-electron chi connectivity index (χ4n) is 2.56. The van der Waals surface area contributed by atoms with Crippen LogP contribution < -0.4 is 24.8 Å². The van der Waals surface area contributed by atoms with Crippen molar-refractivity contribution in [2.45, 2.75) is 19.4 Å². The molecule has 3 rings (SSSR count). The molecule has 0 saturated heterocycles. The van der Waals surface area contributed by atoms with Gasteiger partial charge in [-0.2, -0.15) is 0 Å². The number of rotatable bonds is 5. The quantitative estimate of drug-likeness (QED) is 0.878. The van der Waals surface area contributed by atoms with Gasteiger partial charge in [0.2, 0.25) is 6.79 Å². The second-order valence-corrected chi connectivity index (χ2v) is 5.40. The van der Waals surface area contributed by atoms with E-state index in [1.54, 1.807) is 25.3 Å². The van der Waals surface area contributed by atoms with E-state index in [1.807, 2.05) is 31.2 Å². The van der Waals surface area contributed by atoms with Gasteiger partial charge in [-0.3, -0.25) is 0 Å². The average molecular weight is 328 g/mol. The van der Waals surface area contributed by atoms with E-state index < -0.39 is 0 Å². The number of urea groups is 1. The molecule has 0 radical (unpaired) electrons. The molecule has 6 nitrogen and oxygen atoms in total. The highest BCUT2D eigenvalue weighted by Gasteiger charge is 2.16. The molecule has 0 aromatic heterocycles. The summed E-state index contributed by atoms with van der Waals surface area (Å²) >= 11 is 0. The fourth-order valence-corrected chi connectivity index (χ4v) is 2.56. The lowest BCUT2D eigenvalue weighted by atomic mass is 10.0. The summed E-state index contributed by atoms with van der Waals surface area (Å²) in [6, 6.07) is 12.6. The molecule has 126 valence electrons. The molecule has 6 heteroatoms. The van der Waals surface area contributed by atoms with E-state index in [-0.39, 0.29) is 18.9 Å². The van der Waals surface area contributed by atoms with Gasteiger partial charge in [0.05, 0.1) is 13.2 Å². The number of methoxy groups -OCH3 is 1. The molecule has 0 bridgehead atoms. The number of carbonyl (C=O) groups excluding carboxylic acids is 1. The number of amides is 2. The lowest BCUT2D eigenvalue weighted by Gasteiger charge is -2.18. The van der Waals surface area contributed by atoms with Gasteiger partial charge < -0.3 is 24.8 Å². The maximum atomic E-state index is 12.3. The molecule has 1 atom stereocenters. The number of fused-ring (bicyclic) bond motifs is 1. The second-order valence-electron chi connectivity index (χ2n) is 5.40. The van der Waals surface area contributed by atoms with Crippen molar-refractivity contribution < 1.29 is 19.0 Å². The van der Waals surface area contributed by atoms with E-state index in [0.717, 1.165) is 17.7 Å². The van der Waals surface area contributed by atoms with Crippen LogP contribution in [0, 0.1) is 0 Å². The highest BCUT2D eigenvalue weighted by molar-refractivity contribution is 5.90. The van der Waals surface area contributed by atoms with Crippen molar-refractivity contribution in [2.75, 3.05) is 19.2 Å². The molecular weight excluding hydrogens is 308 g/mol. The Hall–Kier alpha value is -2.89. The summed E-state index contributed by atoms with van der Waals surface area (Å²) in [4.78, 5) is 12.3. The SMILES string of the molecule is CCC(NC(=O)Nc1ccc2c(c1)OCO2)c1ccc(OC)cc1. The Morgan fingerprint density at radius 1 is 1.17 bits per heavy atom. The number of benzene rings is 2. The number of ether oxygens (including phenoxy) is 3. The van der Waals surface area contributed by atoms with Gasteiger partial charge in [0.25, 0.3) is 0 Å².